The zero-order valence-corrected chi connectivity index (χ0v) is 7.92. The van der Waals surface area contributed by atoms with Crippen molar-refractivity contribution in [1.29, 1.82) is 0 Å². The largest absolute Gasteiger partial charge is 0.207 e. The molecule has 0 N–H and O–H groups in total. The highest BCUT2D eigenvalue weighted by atomic mass is 31.0. The van der Waals surface area contributed by atoms with Crippen LogP contribution in [0.15, 0.2) is 18.2 Å². The summed E-state index contributed by atoms with van der Waals surface area (Å²) in [6.07, 6.45) is 0. The van der Waals surface area contributed by atoms with Gasteiger partial charge in [-0.05, 0) is 28.9 Å². The molecule has 0 aromatic heterocycles. The summed E-state index contributed by atoms with van der Waals surface area (Å²) in [7, 11) is 2.61. The van der Waals surface area contributed by atoms with Crippen LogP contribution in [0.2, 0.25) is 0 Å². The van der Waals surface area contributed by atoms with Gasteiger partial charge in [-0.1, -0.05) is 19.9 Å². The van der Waals surface area contributed by atoms with E-state index >= 15 is 0 Å². The number of halogens is 1. The van der Waals surface area contributed by atoms with Crippen molar-refractivity contribution in [3.63, 3.8) is 0 Å². The molecule has 1 rings (SSSR count). The molecular weight excluding hydrogens is 158 g/mol. The van der Waals surface area contributed by atoms with E-state index in [1.165, 1.54) is 6.07 Å². The van der Waals surface area contributed by atoms with Crippen molar-refractivity contribution in [3.8, 4) is 0 Å². The number of hydrogen-bond acceptors (Lipinski definition) is 0. The molecule has 1 atom stereocenters. The minimum Gasteiger partial charge on any atom is -0.207 e. The summed E-state index contributed by atoms with van der Waals surface area (Å²) >= 11 is 0. The van der Waals surface area contributed by atoms with Crippen molar-refractivity contribution in [2.24, 2.45) is 0 Å². The lowest BCUT2D eigenvalue weighted by molar-refractivity contribution is 0.624. The van der Waals surface area contributed by atoms with E-state index in [-0.39, 0.29) is 5.82 Å². The van der Waals surface area contributed by atoms with Crippen LogP contribution in [0, 0.1) is 5.82 Å². The van der Waals surface area contributed by atoms with Gasteiger partial charge in [0.1, 0.15) is 5.82 Å². The quantitative estimate of drug-likeness (QED) is 0.568. The summed E-state index contributed by atoms with van der Waals surface area (Å²) in [6.45, 7) is 4.12. The third kappa shape index (κ3) is 2.00. The smallest absolute Gasteiger partial charge is 0.123 e. The fourth-order valence-corrected chi connectivity index (χ4v) is 1.56. The maximum atomic E-state index is 12.7. The van der Waals surface area contributed by atoms with Crippen LogP contribution in [0.1, 0.15) is 25.3 Å². The van der Waals surface area contributed by atoms with Crippen molar-refractivity contribution in [1.82, 2.24) is 0 Å². The van der Waals surface area contributed by atoms with Gasteiger partial charge in [-0.15, -0.1) is 9.24 Å². The van der Waals surface area contributed by atoms with E-state index in [1.807, 2.05) is 0 Å². The van der Waals surface area contributed by atoms with Gasteiger partial charge in [0.25, 0.3) is 0 Å². The van der Waals surface area contributed by atoms with Crippen LogP contribution in [0.3, 0.4) is 0 Å². The van der Waals surface area contributed by atoms with Gasteiger partial charge in [0.15, 0.2) is 0 Å². The van der Waals surface area contributed by atoms with Gasteiger partial charge >= 0.3 is 0 Å². The minimum atomic E-state index is -0.153. The Bertz CT molecular complexity index is 256. The summed E-state index contributed by atoms with van der Waals surface area (Å²) in [5.74, 6) is 0.234. The van der Waals surface area contributed by atoms with Crippen molar-refractivity contribution in [2.45, 2.75) is 19.8 Å². The molecule has 2 heteroatoms. The molecule has 1 unspecified atom stereocenters. The molecular formula is C9H12FP. The predicted octanol–water partition coefficient (Wildman–Crippen LogP) is 2.45. The van der Waals surface area contributed by atoms with E-state index in [1.54, 1.807) is 12.1 Å². The Morgan fingerprint density at radius 3 is 2.45 bits per heavy atom. The molecule has 0 radical (unpaired) electrons. The molecule has 0 fully saturated rings. The minimum absolute atomic E-state index is 0.153. The van der Waals surface area contributed by atoms with E-state index in [4.69, 9.17) is 0 Å². The van der Waals surface area contributed by atoms with Gasteiger partial charge < -0.3 is 0 Å². The molecule has 0 amide bonds. The zero-order chi connectivity index (χ0) is 8.43. The highest BCUT2D eigenvalue weighted by Crippen LogP contribution is 2.14. The van der Waals surface area contributed by atoms with E-state index in [0.717, 1.165) is 10.9 Å². The normalized spacial score (nSPS) is 10.6. The van der Waals surface area contributed by atoms with Gasteiger partial charge in [-0.2, -0.15) is 0 Å². The van der Waals surface area contributed by atoms with E-state index in [2.05, 4.69) is 23.1 Å². The lowest BCUT2D eigenvalue weighted by Crippen LogP contribution is -2.03. The van der Waals surface area contributed by atoms with Crippen LogP contribution in [-0.4, -0.2) is 0 Å². The van der Waals surface area contributed by atoms with Crippen molar-refractivity contribution in [3.05, 3.63) is 29.6 Å². The Labute approximate surface area is 69.0 Å². The molecule has 0 bridgehead atoms. The first-order valence-corrected chi connectivity index (χ1v) is 4.24. The summed E-state index contributed by atoms with van der Waals surface area (Å²) < 4.78 is 12.7. The maximum Gasteiger partial charge on any atom is 0.123 e. The number of hydrogen-bond donors (Lipinski definition) is 0. The van der Waals surface area contributed by atoms with Gasteiger partial charge in [-0.3, -0.25) is 0 Å². The molecule has 0 heterocycles. The fourth-order valence-electron chi connectivity index (χ4n) is 1.05. The molecule has 0 saturated carbocycles. The van der Waals surface area contributed by atoms with E-state index in [0.29, 0.717) is 5.92 Å². The summed E-state index contributed by atoms with van der Waals surface area (Å²) in [5, 5.41) is 1.08. The summed E-state index contributed by atoms with van der Waals surface area (Å²) in [4.78, 5) is 0. The number of rotatable bonds is 1. The van der Waals surface area contributed by atoms with E-state index in [9.17, 15) is 4.39 Å². The summed E-state index contributed by atoms with van der Waals surface area (Å²) in [5.41, 5.74) is 1.06. The first-order valence-electron chi connectivity index (χ1n) is 3.66. The second kappa shape index (κ2) is 3.32. The second-order valence-electron chi connectivity index (χ2n) is 2.93. The van der Waals surface area contributed by atoms with Gasteiger partial charge in [0.05, 0.1) is 0 Å². The van der Waals surface area contributed by atoms with Gasteiger partial charge in [0.2, 0.25) is 0 Å². The van der Waals surface area contributed by atoms with Gasteiger partial charge in [-0.25, -0.2) is 4.39 Å². The molecule has 0 nitrogen and oxygen atoms in total. The first-order chi connectivity index (χ1) is 5.11. The third-order valence-electron chi connectivity index (χ3n) is 1.67. The molecule has 0 saturated heterocycles. The van der Waals surface area contributed by atoms with Crippen molar-refractivity contribution >= 4 is 14.5 Å². The average Bonchev–Trinajstić information content (AvgIpc) is 1.94. The highest BCUT2D eigenvalue weighted by Gasteiger charge is 2.03. The average molecular weight is 170 g/mol. The topological polar surface area (TPSA) is 0 Å². The molecule has 1 aromatic rings. The first kappa shape index (κ1) is 8.67. The molecule has 0 aliphatic heterocycles. The molecule has 11 heavy (non-hydrogen) atoms. The van der Waals surface area contributed by atoms with E-state index < -0.39 is 0 Å². The third-order valence-corrected chi connectivity index (χ3v) is 2.20. The Hall–Kier alpha value is -0.420. The zero-order valence-electron chi connectivity index (χ0n) is 6.76. The van der Waals surface area contributed by atoms with Crippen LogP contribution < -0.4 is 5.30 Å². The molecule has 0 aliphatic rings. The Kier molecular flexibility index (Phi) is 2.62. The Balaban J connectivity index is 3.13. The van der Waals surface area contributed by atoms with Crippen LogP contribution in [0.25, 0.3) is 0 Å². The van der Waals surface area contributed by atoms with Gasteiger partial charge in [0, 0.05) is 0 Å². The SMILES string of the molecule is CC(C)c1cc(F)ccc1P. The van der Waals surface area contributed by atoms with Crippen LogP contribution in [-0.2, 0) is 0 Å². The van der Waals surface area contributed by atoms with Crippen LogP contribution >= 0.6 is 9.24 Å². The lowest BCUT2D eigenvalue weighted by Gasteiger charge is -2.08. The van der Waals surface area contributed by atoms with Crippen molar-refractivity contribution < 1.29 is 4.39 Å². The number of benzene rings is 1. The van der Waals surface area contributed by atoms with Crippen molar-refractivity contribution in [2.75, 3.05) is 0 Å². The Morgan fingerprint density at radius 2 is 2.00 bits per heavy atom. The second-order valence-corrected chi connectivity index (χ2v) is 3.55. The predicted molar refractivity (Wildman–Crippen MR) is 49.8 cm³/mol. The molecule has 1 aromatic carbocycles. The molecule has 0 spiro atoms. The summed E-state index contributed by atoms with van der Waals surface area (Å²) in [6, 6.07) is 4.86. The monoisotopic (exact) mass is 170 g/mol. The molecule has 60 valence electrons. The lowest BCUT2D eigenvalue weighted by atomic mass is 10.0. The Morgan fingerprint density at radius 1 is 1.36 bits per heavy atom. The highest BCUT2D eigenvalue weighted by molar-refractivity contribution is 7.27. The molecule has 0 aliphatic carbocycles. The fraction of sp³-hybridized carbons (Fsp3) is 0.333. The maximum absolute atomic E-state index is 12.7. The van der Waals surface area contributed by atoms with Crippen LogP contribution in [0.5, 0.6) is 0 Å². The standard InChI is InChI=1S/C9H12FP/c1-6(2)8-5-7(10)3-4-9(8)11/h3-6H,11H2,1-2H3. The van der Waals surface area contributed by atoms with Crippen LogP contribution in [0.4, 0.5) is 4.39 Å².